The highest BCUT2D eigenvalue weighted by atomic mass is 79.9. The van der Waals surface area contributed by atoms with Crippen molar-refractivity contribution in [2.45, 2.75) is 12.3 Å². The zero-order chi connectivity index (χ0) is 9.47. The van der Waals surface area contributed by atoms with Crippen molar-refractivity contribution in [3.8, 4) is 0 Å². The third-order valence-corrected chi connectivity index (χ3v) is 2.62. The van der Waals surface area contributed by atoms with Crippen LogP contribution in [-0.4, -0.2) is 6.54 Å². The lowest BCUT2D eigenvalue weighted by Crippen LogP contribution is -2.25. The van der Waals surface area contributed by atoms with E-state index in [1.807, 2.05) is 0 Å². The van der Waals surface area contributed by atoms with Crippen LogP contribution in [0.1, 0.15) is 12.0 Å². The molecule has 1 nitrogen and oxygen atoms in total. The zero-order valence-corrected chi connectivity index (χ0v) is 9.59. The lowest BCUT2D eigenvalue weighted by atomic mass is 10.00. The van der Waals surface area contributed by atoms with E-state index in [-0.39, 0.29) is 24.4 Å². The van der Waals surface area contributed by atoms with Crippen molar-refractivity contribution in [3.63, 3.8) is 0 Å². The summed E-state index contributed by atoms with van der Waals surface area (Å²) >= 11 is 3.18. The minimum absolute atomic E-state index is 0. The largest absolute Gasteiger partial charge is 0.384 e. The number of fused-ring (bicyclic) bond motifs is 1. The van der Waals surface area contributed by atoms with Crippen molar-refractivity contribution in [3.05, 3.63) is 28.2 Å². The Bertz CT molecular complexity index is 344. The van der Waals surface area contributed by atoms with E-state index in [9.17, 15) is 8.78 Å². The molecule has 0 bridgehead atoms. The van der Waals surface area contributed by atoms with Crippen LogP contribution in [-0.2, 0) is 5.92 Å². The highest BCUT2D eigenvalue weighted by Crippen LogP contribution is 2.40. The maximum absolute atomic E-state index is 13.3. The molecule has 0 saturated heterocycles. The molecule has 0 saturated carbocycles. The van der Waals surface area contributed by atoms with Gasteiger partial charge in [0, 0.05) is 28.7 Å². The van der Waals surface area contributed by atoms with E-state index in [4.69, 9.17) is 0 Å². The lowest BCUT2D eigenvalue weighted by molar-refractivity contribution is -0.0123. The topological polar surface area (TPSA) is 12.0 Å². The molecule has 1 heterocycles. The summed E-state index contributed by atoms with van der Waals surface area (Å²) in [6.07, 6.45) is -0.129. The predicted molar refractivity (Wildman–Crippen MR) is 58.4 cm³/mol. The van der Waals surface area contributed by atoms with Crippen LogP contribution < -0.4 is 5.32 Å². The summed E-state index contributed by atoms with van der Waals surface area (Å²) in [7, 11) is 0. The molecule has 1 aromatic rings. The lowest BCUT2D eigenvalue weighted by Gasteiger charge is -2.26. The van der Waals surface area contributed by atoms with Crippen LogP contribution in [0.15, 0.2) is 22.7 Å². The molecule has 1 aliphatic rings. The molecule has 1 aromatic carbocycles. The number of hydrogen-bond acceptors (Lipinski definition) is 1. The van der Waals surface area contributed by atoms with Crippen LogP contribution >= 0.6 is 28.3 Å². The SMILES string of the molecule is Cl.FC1(F)CCNc2ccc(Br)cc21. The van der Waals surface area contributed by atoms with Gasteiger partial charge in [-0.15, -0.1) is 12.4 Å². The van der Waals surface area contributed by atoms with E-state index in [1.54, 1.807) is 12.1 Å². The molecule has 5 heteroatoms. The standard InChI is InChI=1S/C9H8BrF2N.ClH/c10-6-1-2-8-7(5-6)9(11,12)3-4-13-8;/h1-2,5,13H,3-4H2;1H. The summed E-state index contributed by atoms with van der Waals surface area (Å²) in [5.74, 6) is -2.69. The van der Waals surface area contributed by atoms with Crippen LogP contribution in [0.2, 0.25) is 0 Å². The number of alkyl halides is 2. The average Bonchev–Trinajstić information content (AvgIpc) is 2.06. The van der Waals surface area contributed by atoms with Crippen LogP contribution in [0.25, 0.3) is 0 Å². The molecule has 0 fully saturated rings. The van der Waals surface area contributed by atoms with Crippen molar-refractivity contribution >= 4 is 34.0 Å². The van der Waals surface area contributed by atoms with Gasteiger partial charge in [-0.25, -0.2) is 8.78 Å². The molecule has 0 aromatic heterocycles. The molecule has 0 atom stereocenters. The third-order valence-electron chi connectivity index (χ3n) is 2.13. The molecule has 0 spiro atoms. The molecule has 14 heavy (non-hydrogen) atoms. The Morgan fingerprint density at radius 1 is 1.36 bits per heavy atom. The molecule has 78 valence electrons. The molecule has 0 unspecified atom stereocenters. The number of hydrogen-bond donors (Lipinski definition) is 1. The number of nitrogens with one attached hydrogen (secondary N) is 1. The van der Waals surface area contributed by atoms with Crippen LogP contribution in [0.5, 0.6) is 0 Å². The van der Waals surface area contributed by atoms with Crippen LogP contribution in [0, 0.1) is 0 Å². The highest BCUT2D eigenvalue weighted by molar-refractivity contribution is 9.10. The normalized spacial score (nSPS) is 17.6. The van der Waals surface area contributed by atoms with Crippen molar-refractivity contribution in [1.82, 2.24) is 0 Å². The first-order valence-electron chi connectivity index (χ1n) is 4.01. The van der Waals surface area contributed by atoms with E-state index in [0.717, 1.165) is 0 Å². The van der Waals surface area contributed by atoms with Crippen molar-refractivity contribution in [1.29, 1.82) is 0 Å². The van der Waals surface area contributed by atoms with Crippen molar-refractivity contribution < 1.29 is 8.78 Å². The Balaban J connectivity index is 0.000000980. The van der Waals surface area contributed by atoms with E-state index in [0.29, 0.717) is 16.7 Å². The number of rotatable bonds is 0. The van der Waals surface area contributed by atoms with Gasteiger partial charge in [-0.05, 0) is 18.2 Å². The van der Waals surface area contributed by atoms with Gasteiger partial charge in [0.25, 0.3) is 5.92 Å². The molecule has 0 amide bonds. The molecule has 2 rings (SSSR count). The molecular formula is C9H9BrClF2N. The van der Waals surface area contributed by atoms with Crippen LogP contribution in [0.3, 0.4) is 0 Å². The second-order valence-electron chi connectivity index (χ2n) is 3.07. The fourth-order valence-corrected chi connectivity index (χ4v) is 1.82. The summed E-state index contributed by atoms with van der Waals surface area (Å²) < 4.78 is 27.3. The van der Waals surface area contributed by atoms with Gasteiger partial charge in [-0.1, -0.05) is 15.9 Å². The number of anilines is 1. The minimum Gasteiger partial charge on any atom is -0.384 e. The van der Waals surface area contributed by atoms with E-state index in [2.05, 4.69) is 21.2 Å². The van der Waals surface area contributed by atoms with Crippen LogP contribution in [0.4, 0.5) is 14.5 Å². The first-order valence-corrected chi connectivity index (χ1v) is 4.81. The fraction of sp³-hybridized carbons (Fsp3) is 0.333. The molecule has 1 N–H and O–H groups in total. The molecular weight excluding hydrogens is 275 g/mol. The van der Waals surface area contributed by atoms with Gasteiger partial charge >= 0.3 is 0 Å². The molecule has 0 aliphatic carbocycles. The summed E-state index contributed by atoms with van der Waals surface area (Å²) in [4.78, 5) is 0. The number of halogens is 4. The molecule has 1 aliphatic heterocycles. The maximum atomic E-state index is 13.3. The van der Waals surface area contributed by atoms with Gasteiger partial charge in [-0.2, -0.15) is 0 Å². The van der Waals surface area contributed by atoms with E-state index < -0.39 is 5.92 Å². The number of benzene rings is 1. The smallest absolute Gasteiger partial charge is 0.276 e. The summed E-state index contributed by atoms with van der Waals surface area (Å²) in [6.45, 7) is 0.335. The van der Waals surface area contributed by atoms with Gasteiger partial charge in [0.15, 0.2) is 0 Å². The highest BCUT2D eigenvalue weighted by Gasteiger charge is 2.36. The Kier molecular flexibility index (Phi) is 3.37. The van der Waals surface area contributed by atoms with Gasteiger partial charge in [0.1, 0.15) is 0 Å². The maximum Gasteiger partial charge on any atom is 0.276 e. The van der Waals surface area contributed by atoms with Gasteiger partial charge in [0.05, 0.1) is 0 Å². The zero-order valence-electron chi connectivity index (χ0n) is 7.19. The fourth-order valence-electron chi connectivity index (χ4n) is 1.46. The van der Waals surface area contributed by atoms with Crippen molar-refractivity contribution in [2.75, 3.05) is 11.9 Å². The van der Waals surface area contributed by atoms with Gasteiger partial charge < -0.3 is 5.32 Å². The second kappa shape index (κ2) is 4.03. The third kappa shape index (κ3) is 2.01. The monoisotopic (exact) mass is 283 g/mol. The first kappa shape index (κ1) is 11.7. The quantitative estimate of drug-likeness (QED) is 0.764. The van der Waals surface area contributed by atoms with Gasteiger partial charge in [-0.3, -0.25) is 0 Å². The van der Waals surface area contributed by atoms with E-state index in [1.165, 1.54) is 6.07 Å². The predicted octanol–water partition coefficient (Wildman–Crippen LogP) is 3.78. The second-order valence-corrected chi connectivity index (χ2v) is 3.99. The summed E-state index contributed by atoms with van der Waals surface area (Å²) in [6, 6.07) is 4.90. The Morgan fingerprint density at radius 2 is 2.07 bits per heavy atom. The Labute approximate surface area is 95.4 Å². The first-order chi connectivity index (χ1) is 6.09. The van der Waals surface area contributed by atoms with Crippen molar-refractivity contribution in [2.24, 2.45) is 0 Å². The summed E-state index contributed by atoms with van der Waals surface area (Å²) in [5, 5.41) is 2.94. The Morgan fingerprint density at radius 3 is 2.79 bits per heavy atom. The Hall–Kier alpha value is -0.350. The van der Waals surface area contributed by atoms with E-state index >= 15 is 0 Å². The molecule has 0 radical (unpaired) electrons. The summed E-state index contributed by atoms with van der Waals surface area (Å²) in [5.41, 5.74) is 0.632. The minimum atomic E-state index is -2.69. The average molecular weight is 285 g/mol. The van der Waals surface area contributed by atoms with Gasteiger partial charge in [0.2, 0.25) is 0 Å².